The molecule has 2 aromatic rings. The number of carbonyl (C=O) groups excluding carboxylic acids is 3. The van der Waals surface area contributed by atoms with Gasteiger partial charge in [-0.1, -0.05) is 18.2 Å². The lowest BCUT2D eigenvalue weighted by atomic mass is 10.0. The number of ether oxygens (including phenoxy) is 2. The Morgan fingerprint density at radius 2 is 1.79 bits per heavy atom. The Hall–Kier alpha value is -3.59. The number of aromatic nitrogens is 1. The monoisotopic (exact) mass is 384 g/mol. The highest BCUT2D eigenvalue weighted by atomic mass is 16.7. The first-order valence-corrected chi connectivity index (χ1v) is 8.44. The molecule has 1 aromatic heterocycles. The van der Waals surface area contributed by atoms with Crippen LogP contribution in [0.4, 0.5) is 10.5 Å². The maximum Gasteiger partial charge on any atom is 0.516 e. The molecule has 0 radical (unpaired) electrons. The Morgan fingerprint density at radius 1 is 1.14 bits per heavy atom. The smallest absolute Gasteiger partial charge is 0.434 e. The van der Waals surface area contributed by atoms with E-state index in [-0.39, 0.29) is 12.3 Å². The van der Waals surface area contributed by atoms with E-state index in [0.717, 1.165) is 4.90 Å². The highest BCUT2D eigenvalue weighted by Gasteiger charge is 2.37. The maximum atomic E-state index is 12.8. The third-order valence-corrected chi connectivity index (χ3v) is 3.67. The van der Waals surface area contributed by atoms with Crippen molar-refractivity contribution in [2.75, 3.05) is 18.1 Å². The summed E-state index contributed by atoms with van der Waals surface area (Å²) in [5, 5.41) is 8.50. The van der Waals surface area contributed by atoms with E-state index < -0.39 is 30.6 Å². The number of pyridine rings is 1. The van der Waals surface area contributed by atoms with Crippen molar-refractivity contribution in [1.82, 2.24) is 4.98 Å². The summed E-state index contributed by atoms with van der Waals surface area (Å²) >= 11 is 0. The van der Waals surface area contributed by atoms with E-state index in [1.165, 1.54) is 24.5 Å². The van der Waals surface area contributed by atoms with Gasteiger partial charge in [-0.05, 0) is 31.2 Å². The molecule has 28 heavy (non-hydrogen) atoms. The number of esters is 1. The van der Waals surface area contributed by atoms with Crippen molar-refractivity contribution in [3.63, 3.8) is 0 Å². The van der Waals surface area contributed by atoms with Crippen molar-refractivity contribution in [3.05, 3.63) is 60.4 Å². The molecular formula is C19H20N4O5. The third-order valence-electron chi connectivity index (χ3n) is 3.67. The number of nitrogens with zero attached hydrogens (tertiary/aromatic N) is 2. The molecule has 0 saturated carbocycles. The van der Waals surface area contributed by atoms with Gasteiger partial charge >= 0.3 is 12.1 Å². The van der Waals surface area contributed by atoms with Gasteiger partial charge in [-0.2, -0.15) is 0 Å². The second kappa shape index (κ2) is 9.93. The van der Waals surface area contributed by atoms with E-state index in [1.54, 1.807) is 37.3 Å². The Labute approximate surface area is 161 Å². The van der Waals surface area contributed by atoms with Crippen LogP contribution in [0.5, 0.6) is 0 Å². The molecule has 0 bridgehead atoms. The molecule has 0 fully saturated rings. The number of nitrogens with one attached hydrogen (secondary N) is 1. The summed E-state index contributed by atoms with van der Waals surface area (Å²) in [7, 11) is 0. The quantitative estimate of drug-likeness (QED) is 0.419. The van der Waals surface area contributed by atoms with Crippen molar-refractivity contribution in [2.45, 2.75) is 13.0 Å². The lowest BCUT2D eigenvalue weighted by molar-refractivity contribution is -0.140. The molecule has 146 valence electrons. The predicted octanol–water partition coefficient (Wildman–Crippen LogP) is 1.51. The van der Waals surface area contributed by atoms with Crippen LogP contribution in [0.1, 0.15) is 12.5 Å². The van der Waals surface area contributed by atoms with Gasteiger partial charge in [-0.25, -0.2) is 9.59 Å². The summed E-state index contributed by atoms with van der Waals surface area (Å²) in [5.41, 5.74) is 5.91. The minimum absolute atomic E-state index is 0.00269. The number of hydrogen-bond donors (Lipinski definition) is 2. The number of anilines is 1. The van der Waals surface area contributed by atoms with Gasteiger partial charge in [0.2, 0.25) is 5.91 Å². The van der Waals surface area contributed by atoms with Gasteiger partial charge in [-0.15, -0.1) is 0 Å². The van der Waals surface area contributed by atoms with E-state index >= 15 is 0 Å². The topological polar surface area (TPSA) is 136 Å². The summed E-state index contributed by atoms with van der Waals surface area (Å²) in [6.45, 7) is 1.14. The lowest BCUT2D eigenvalue weighted by Gasteiger charge is -2.30. The average Bonchev–Trinajstić information content (AvgIpc) is 2.72. The average molecular weight is 384 g/mol. The summed E-state index contributed by atoms with van der Waals surface area (Å²) in [6, 6.07) is 9.67. The molecule has 0 unspecified atom stereocenters. The first-order valence-electron chi connectivity index (χ1n) is 8.44. The second-order valence-electron chi connectivity index (χ2n) is 5.46. The van der Waals surface area contributed by atoms with Gasteiger partial charge in [0.05, 0.1) is 18.9 Å². The summed E-state index contributed by atoms with van der Waals surface area (Å²) < 4.78 is 9.33. The van der Waals surface area contributed by atoms with Crippen LogP contribution in [0.25, 0.3) is 0 Å². The van der Waals surface area contributed by atoms with Crippen LogP contribution < -0.4 is 10.6 Å². The van der Waals surface area contributed by atoms with Crippen LogP contribution in [-0.2, 0) is 19.1 Å². The molecule has 1 amide bonds. The van der Waals surface area contributed by atoms with Crippen LogP contribution in [0, 0.1) is 5.41 Å². The van der Waals surface area contributed by atoms with Crippen molar-refractivity contribution >= 4 is 29.4 Å². The van der Waals surface area contributed by atoms with E-state index in [4.69, 9.17) is 15.9 Å². The van der Waals surface area contributed by atoms with E-state index in [0.29, 0.717) is 11.3 Å². The zero-order chi connectivity index (χ0) is 20.5. The standard InChI is InChI=1S/C19H20N4O5/c1-2-27-19(26)28-18(25)17(16(21)13-8-10-22-11-9-13)23(15(24)12-20)14-6-4-3-5-7-14/h3-11,17,21H,2,12,20H2,1H3/t17-/m0/s1. The van der Waals surface area contributed by atoms with Gasteiger partial charge in [0.15, 0.2) is 6.04 Å². The SMILES string of the molecule is CCOC(=O)OC(=O)[C@H](C(=N)c1ccncc1)N(C(=O)CN)c1ccccc1. The minimum Gasteiger partial charge on any atom is -0.434 e. The highest BCUT2D eigenvalue weighted by Crippen LogP contribution is 2.21. The molecule has 1 atom stereocenters. The predicted molar refractivity (Wildman–Crippen MR) is 101 cm³/mol. The van der Waals surface area contributed by atoms with Crippen molar-refractivity contribution in [1.29, 1.82) is 5.41 Å². The maximum absolute atomic E-state index is 12.8. The number of rotatable bonds is 7. The van der Waals surface area contributed by atoms with Gasteiger partial charge in [0.25, 0.3) is 0 Å². The zero-order valence-electron chi connectivity index (χ0n) is 15.2. The van der Waals surface area contributed by atoms with Crippen molar-refractivity contribution in [3.8, 4) is 0 Å². The largest absolute Gasteiger partial charge is 0.516 e. The van der Waals surface area contributed by atoms with Crippen LogP contribution in [0.3, 0.4) is 0 Å². The molecule has 0 spiro atoms. The number of hydrogen-bond acceptors (Lipinski definition) is 8. The molecule has 0 aliphatic rings. The van der Waals surface area contributed by atoms with Crippen molar-refractivity contribution in [2.24, 2.45) is 5.73 Å². The minimum atomic E-state index is -1.55. The summed E-state index contributed by atoms with van der Waals surface area (Å²) in [6.07, 6.45) is 1.66. The third kappa shape index (κ3) is 4.98. The fraction of sp³-hybridized carbons (Fsp3) is 0.211. The Balaban J connectivity index is 2.50. The fourth-order valence-electron chi connectivity index (χ4n) is 2.45. The van der Waals surface area contributed by atoms with Crippen molar-refractivity contribution < 1.29 is 23.9 Å². The van der Waals surface area contributed by atoms with Crippen LogP contribution >= 0.6 is 0 Å². The second-order valence-corrected chi connectivity index (χ2v) is 5.46. The number of amides is 1. The zero-order valence-corrected chi connectivity index (χ0v) is 15.2. The first kappa shape index (κ1) is 20.7. The van der Waals surface area contributed by atoms with Crippen LogP contribution in [-0.4, -0.2) is 47.9 Å². The van der Waals surface area contributed by atoms with E-state index in [9.17, 15) is 14.4 Å². The Kier molecular flexibility index (Phi) is 7.35. The molecule has 2 rings (SSSR count). The molecular weight excluding hydrogens is 364 g/mol. The molecule has 0 aliphatic heterocycles. The molecule has 9 nitrogen and oxygen atoms in total. The lowest BCUT2D eigenvalue weighted by Crippen LogP contribution is -2.53. The number of benzene rings is 1. The molecule has 3 N–H and O–H groups in total. The first-order chi connectivity index (χ1) is 13.5. The molecule has 0 aliphatic carbocycles. The van der Waals surface area contributed by atoms with E-state index in [1.807, 2.05) is 0 Å². The normalized spacial score (nSPS) is 11.2. The van der Waals surface area contributed by atoms with E-state index in [2.05, 4.69) is 9.72 Å². The van der Waals surface area contributed by atoms with Gasteiger partial charge in [-0.3, -0.25) is 14.7 Å². The van der Waals surface area contributed by atoms with Crippen LogP contribution in [0.2, 0.25) is 0 Å². The number of para-hydroxylation sites is 1. The Bertz CT molecular complexity index is 842. The molecule has 1 aromatic carbocycles. The fourth-order valence-corrected chi connectivity index (χ4v) is 2.45. The molecule has 9 heteroatoms. The van der Waals surface area contributed by atoms with Gasteiger partial charge in [0.1, 0.15) is 0 Å². The number of nitrogens with two attached hydrogens (primary N) is 1. The summed E-state index contributed by atoms with van der Waals surface area (Å²) in [5.74, 6) is -1.76. The molecule has 0 saturated heterocycles. The summed E-state index contributed by atoms with van der Waals surface area (Å²) in [4.78, 5) is 41.9. The Morgan fingerprint density at radius 3 is 2.36 bits per heavy atom. The van der Waals surface area contributed by atoms with Gasteiger partial charge < -0.3 is 20.6 Å². The molecule has 1 heterocycles. The van der Waals surface area contributed by atoms with Crippen LogP contribution in [0.15, 0.2) is 54.9 Å². The highest BCUT2D eigenvalue weighted by molar-refractivity contribution is 6.20. The number of carbonyl (C=O) groups is 3. The van der Waals surface area contributed by atoms with Gasteiger partial charge in [0, 0.05) is 23.6 Å².